The quantitative estimate of drug-likeness (QED) is 0.609. The number of nitrogens with two attached hydrogens (primary N) is 1. The van der Waals surface area contributed by atoms with Crippen LogP contribution in [0.15, 0.2) is 29.3 Å². The molecule has 1 saturated carbocycles. The molecule has 1 aliphatic rings. The van der Waals surface area contributed by atoms with E-state index >= 15 is 0 Å². The third kappa shape index (κ3) is 3.12. The molecule has 17 heavy (non-hydrogen) atoms. The predicted octanol–water partition coefficient (Wildman–Crippen LogP) is 1.34. The lowest BCUT2D eigenvalue weighted by Crippen LogP contribution is -2.35. The van der Waals surface area contributed by atoms with Crippen molar-refractivity contribution in [3.63, 3.8) is 0 Å². The molecular weight excluding hydrogens is 214 g/mol. The van der Waals surface area contributed by atoms with Crippen LogP contribution in [0.1, 0.15) is 18.4 Å². The van der Waals surface area contributed by atoms with Gasteiger partial charge in [0.1, 0.15) is 5.75 Å². The second-order valence-corrected chi connectivity index (χ2v) is 4.46. The van der Waals surface area contributed by atoms with Gasteiger partial charge in [0.2, 0.25) is 0 Å². The van der Waals surface area contributed by atoms with Crippen molar-refractivity contribution in [1.82, 2.24) is 4.90 Å². The summed E-state index contributed by atoms with van der Waals surface area (Å²) in [5.74, 6) is 0.930. The maximum Gasteiger partial charge on any atom is 0.191 e. The highest BCUT2D eigenvalue weighted by molar-refractivity contribution is 5.78. The normalized spacial score (nSPS) is 15.9. The number of aliphatic imine (C=N–C) groups is 1. The van der Waals surface area contributed by atoms with Crippen molar-refractivity contribution in [3.05, 3.63) is 29.8 Å². The molecule has 0 aliphatic heterocycles. The molecule has 4 heteroatoms. The minimum Gasteiger partial charge on any atom is -0.508 e. The third-order valence-corrected chi connectivity index (χ3v) is 3.10. The lowest BCUT2D eigenvalue weighted by molar-refractivity contribution is 0.467. The van der Waals surface area contributed by atoms with Gasteiger partial charge in [-0.1, -0.05) is 18.2 Å². The first-order chi connectivity index (χ1) is 8.18. The second kappa shape index (κ2) is 5.08. The van der Waals surface area contributed by atoms with Gasteiger partial charge in [-0.25, -0.2) is 0 Å². The van der Waals surface area contributed by atoms with E-state index < -0.39 is 0 Å². The zero-order chi connectivity index (χ0) is 12.3. The molecule has 0 bridgehead atoms. The van der Waals surface area contributed by atoms with Crippen LogP contribution in [-0.4, -0.2) is 35.6 Å². The SMILES string of the molecule is CN(C(N)=NCCc1ccccc1O)C1CC1. The van der Waals surface area contributed by atoms with E-state index in [9.17, 15) is 5.11 Å². The number of para-hydroxylation sites is 1. The van der Waals surface area contributed by atoms with Crippen molar-refractivity contribution >= 4 is 5.96 Å². The summed E-state index contributed by atoms with van der Waals surface area (Å²) < 4.78 is 0. The molecule has 1 aromatic rings. The van der Waals surface area contributed by atoms with E-state index in [4.69, 9.17) is 5.73 Å². The predicted molar refractivity (Wildman–Crippen MR) is 69.1 cm³/mol. The van der Waals surface area contributed by atoms with Gasteiger partial charge in [0.05, 0.1) is 0 Å². The van der Waals surface area contributed by atoms with E-state index in [0.717, 1.165) is 5.56 Å². The van der Waals surface area contributed by atoms with E-state index in [0.29, 0.717) is 30.7 Å². The number of aromatic hydroxyl groups is 1. The molecule has 0 aromatic heterocycles. The topological polar surface area (TPSA) is 61.8 Å². The summed E-state index contributed by atoms with van der Waals surface area (Å²) in [4.78, 5) is 6.36. The van der Waals surface area contributed by atoms with Crippen LogP contribution in [-0.2, 0) is 6.42 Å². The fourth-order valence-corrected chi connectivity index (χ4v) is 1.77. The monoisotopic (exact) mass is 233 g/mol. The first-order valence-corrected chi connectivity index (χ1v) is 5.98. The van der Waals surface area contributed by atoms with E-state index in [1.54, 1.807) is 6.07 Å². The Bertz CT molecular complexity index is 413. The van der Waals surface area contributed by atoms with Crippen molar-refractivity contribution in [2.24, 2.45) is 10.7 Å². The largest absolute Gasteiger partial charge is 0.508 e. The molecule has 1 aliphatic carbocycles. The number of phenols is 1. The fraction of sp³-hybridized carbons (Fsp3) is 0.462. The molecular formula is C13H19N3O. The van der Waals surface area contributed by atoms with Gasteiger partial charge in [0, 0.05) is 19.6 Å². The number of rotatable bonds is 4. The lowest BCUT2D eigenvalue weighted by atomic mass is 10.1. The number of phenolic OH excluding ortho intramolecular Hbond substituents is 1. The highest BCUT2D eigenvalue weighted by Crippen LogP contribution is 2.24. The van der Waals surface area contributed by atoms with E-state index in [1.807, 2.05) is 30.1 Å². The van der Waals surface area contributed by atoms with Crippen LogP contribution >= 0.6 is 0 Å². The van der Waals surface area contributed by atoms with Crippen LogP contribution < -0.4 is 5.73 Å². The van der Waals surface area contributed by atoms with Crippen LogP contribution in [0.5, 0.6) is 5.75 Å². The molecule has 1 fully saturated rings. The molecule has 3 N–H and O–H groups in total. The van der Waals surface area contributed by atoms with Crippen LogP contribution in [0.3, 0.4) is 0 Å². The zero-order valence-corrected chi connectivity index (χ0v) is 10.1. The molecule has 0 spiro atoms. The molecule has 0 heterocycles. The summed E-state index contributed by atoms with van der Waals surface area (Å²) in [5, 5.41) is 9.59. The molecule has 0 atom stereocenters. The minimum atomic E-state index is 0.330. The standard InChI is InChI=1S/C13H19N3O/c1-16(11-6-7-11)13(14)15-9-8-10-4-2-3-5-12(10)17/h2-5,11,17H,6-9H2,1H3,(H2,14,15). The smallest absolute Gasteiger partial charge is 0.191 e. The average Bonchev–Trinajstić information content (AvgIpc) is 3.14. The summed E-state index contributed by atoms with van der Waals surface area (Å²) in [7, 11) is 1.98. The van der Waals surface area contributed by atoms with Gasteiger partial charge in [0.25, 0.3) is 0 Å². The lowest BCUT2D eigenvalue weighted by Gasteiger charge is -2.16. The summed E-state index contributed by atoms with van der Waals surface area (Å²) in [6.07, 6.45) is 3.14. The van der Waals surface area contributed by atoms with Gasteiger partial charge in [0.15, 0.2) is 5.96 Å². The Hall–Kier alpha value is -1.71. The van der Waals surface area contributed by atoms with Crippen LogP contribution in [0.4, 0.5) is 0 Å². The molecule has 0 saturated heterocycles. The summed E-state index contributed by atoms with van der Waals surface area (Å²) in [6, 6.07) is 7.92. The van der Waals surface area contributed by atoms with Gasteiger partial charge in [-0.2, -0.15) is 0 Å². The Morgan fingerprint density at radius 3 is 2.82 bits per heavy atom. The molecule has 0 amide bonds. The Labute approximate surface area is 102 Å². The van der Waals surface area contributed by atoms with Gasteiger partial charge in [-0.05, 0) is 30.9 Å². The summed E-state index contributed by atoms with van der Waals surface area (Å²) >= 11 is 0. The first kappa shape index (κ1) is 11.8. The van der Waals surface area contributed by atoms with Gasteiger partial charge in [-0.15, -0.1) is 0 Å². The summed E-state index contributed by atoms with van der Waals surface area (Å²) in [6.45, 7) is 0.612. The van der Waals surface area contributed by atoms with Gasteiger partial charge in [-0.3, -0.25) is 4.99 Å². The van der Waals surface area contributed by atoms with E-state index in [2.05, 4.69) is 4.99 Å². The molecule has 2 rings (SSSR count). The number of guanidine groups is 1. The molecule has 0 radical (unpaired) electrons. The maximum atomic E-state index is 9.59. The van der Waals surface area contributed by atoms with Crippen LogP contribution in [0, 0.1) is 0 Å². The maximum absolute atomic E-state index is 9.59. The van der Waals surface area contributed by atoms with E-state index in [1.165, 1.54) is 12.8 Å². The molecule has 4 nitrogen and oxygen atoms in total. The van der Waals surface area contributed by atoms with Gasteiger partial charge < -0.3 is 15.7 Å². The van der Waals surface area contributed by atoms with Crippen molar-refractivity contribution in [2.75, 3.05) is 13.6 Å². The first-order valence-electron chi connectivity index (χ1n) is 5.98. The second-order valence-electron chi connectivity index (χ2n) is 4.46. The minimum absolute atomic E-state index is 0.330. The Morgan fingerprint density at radius 1 is 1.47 bits per heavy atom. The van der Waals surface area contributed by atoms with Crippen LogP contribution in [0.2, 0.25) is 0 Å². The number of benzene rings is 1. The molecule has 92 valence electrons. The third-order valence-electron chi connectivity index (χ3n) is 3.10. The number of nitrogens with zero attached hydrogens (tertiary/aromatic N) is 2. The van der Waals surface area contributed by atoms with Crippen molar-refractivity contribution in [3.8, 4) is 5.75 Å². The fourth-order valence-electron chi connectivity index (χ4n) is 1.77. The van der Waals surface area contributed by atoms with E-state index in [-0.39, 0.29) is 0 Å². The van der Waals surface area contributed by atoms with Crippen molar-refractivity contribution in [2.45, 2.75) is 25.3 Å². The van der Waals surface area contributed by atoms with Crippen molar-refractivity contribution < 1.29 is 5.11 Å². The average molecular weight is 233 g/mol. The van der Waals surface area contributed by atoms with Crippen molar-refractivity contribution in [1.29, 1.82) is 0 Å². The summed E-state index contributed by atoms with van der Waals surface area (Å²) in [5.41, 5.74) is 6.79. The van der Waals surface area contributed by atoms with Crippen LogP contribution in [0.25, 0.3) is 0 Å². The Balaban J connectivity index is 1.86. The Morgan fingerprint density at radius 2 is 2.18 bits per heavy atom. The van der Waals surface area contributed by atoms with Gasteiger partial charge >= 0.3 is 0 Å². The number of hydrogen-bond donors (Lipinski definition) is 2. The highest BCUT2D eigenvalue weighted by Gasteiger charge is 2.27. The zero-order valence-electron chi connectivity index (χ0n) is 10.1. The highest BCUT2D eigenvalue weighted by atomic mass is 16.3. The molecule has 0 unspecified atom stereocenters. The Kier molecular flexibility index (Phi) is 3.52. The molecule has 1 aromatic carbocycles. The number of hydrogen-bond acceptors (Lipinski definition) is 2.